The van der Waals surface area contributed by atoms with Crippen LogP contribution in [0.5, 0.6) is 0 Å². The number of imidazole rings is 1. The number of nitrogens with zero attached hydrogens (tertiary/aromatic N) is 5. The Bertz CT molecular complexity index is 1520. The van der Waals surface area contributed by atoms with Gasteiger partial charge < -0.3 is 9.47 Å². The highest BCUT2D eigenvalue weighted by Crippen LogP contribution is 2.26. The zero-order valence-corrected chi connectivity index (χ0v) is 21.8. The average molecular weight is 494 g/mol. The number of carbonyl (C=O) groups excluding carboxylic acids is 1. The quantitative estimate of drug-likeness (QED) is 0.369. The summed E-state index contributed by atoms with van der Waals surface area (Å²) in [6.45, 7) is 8.38. The molecule has 0 spiro atoms. The maximum absolute atomic E-state index is 13.2. The first kappa shape index (κ1) is 24.8. The van der Waals surface area contributed by atoms with E-state index >= 15 is 0 Å². The van der Waals surface area contributed by atoms with Crippen molar-refractivity contribution in [1.29, 1.82) is 0 Å². The molecular formula is C26H31N5O3S. The van der Waals surface area contributed by atoms with E-state index in [1.165, 1.54) is 23.4 Å². The molecule has 2 aromatic carbocycles. The van der Waals surface area contributed by atoms with Crippen LogP contribution in [0, 0.1) is 0 Å². The number of benzene rings is 2. The highest BCUT2D eigenvalue weighted by atomic mass is 32.2. The summed E-state index contributed by atoms with van der Waals surface area (Å²) < 4.78 is 4.32. The Morgan fingerprint density at radius 3 is 2.31 bits per heavy atom. The molecule has 0 aliphatic heterocycles. The lowest BCUT2D eigenvalue weighted by atomic mass is 10.0. The van der Waals surface area contributed by atoms with Gasteiger partial charge in [-0.15, -0.1) is 0 Å². The van der Waals surface area contributed by atoms with Gasteiger partial charge in [-0.1, -0.05) is 54.2 Å². The van der Waals surface area contributed by atoms with Crippen LogP contribution < -0.4 is 11.2 Å². The lowest BCUT2D eigenvalue weighted by molar-refractivity contribution is -0.131. The van der Waals surface area contributed by atoms with E-state index in [-0.39, 0.29) is 23.7 Å². The Kier molecular flexibility index (Phi) is 6.89. The fraction of sp³-hybridized carbons (Fsp3) is 0.385. The van der Waals surface area contributed by atoms with Gasteiger partial charge in [-0.05, 0) is 44.0 Å². The maximum atomic E-state index is 13.2. The van der Waals surface area contributed by atoms with Crippen molar-refractivity contribution in [2.75, 3.05) is 5.75 Å². The molecule has 0 unspecified atom stereocenters. The lowest BCUT2D eigenvalue weighted by Gasteiger charge is -2.30. The second kappa shape index (κ2) is 9.73. The zero-order valence-electron chi connectivity index (χ0n) is 21.0. The van der Waals surface area contributed by atoms with Gasteiger partial charge in [-0.2, -0.15) is 0 Å². The minimum Gasteiger partial charge on any atom is -0.337 e. The summed E-state index contributed by atoms with van der Waals surface area (Å²) in [5.74, 6) is 0.189. The molecule has 0 aliphatic rings. The Balaban J connectivity index is 1.84. The van der Waals surface area contributed by atoms with Crippen molar-refractivity contribution < 1.29 is 4.79 Å². The molecule has 0 saturated heterocycles. The van der Waals surface area contributed by atoms with Crippen molar-refractivity contribution in [3.05, 3.63) is 68.9 Å². The van der Waals surface area contributed by atoms with Crippen molar-refractivity contribution in [3.8, 4) is 0 Å². The number of hydrogen-bond donors (Lipinski definition) is 0. The summed E-state index contributed by atoms with van der Waals surface area (Å²) in [6, 6.07) is 14.3. The standard InChI is InChI=1S/C26H31N5O3S/c1-16(2)31(17(3)4)21(32)15-35-25-27-23-22(24(33)29(6)26(34)28(23)5)30(25)14-19-12-9-11-18-10-7-8-13-20(18)19/h7-13,16-17H,14-15H2,1-6H3. The monoisotopic (exact) mass is 493 g/mol. The molecule has 2 heterocycles. The van der Waals surface area contributed by atoms with Crippen LogP contribution in [0.3, 0.4) is 0 Å². The van der Waals surface area contributed by atoms with Crippen molar-refractivity contribution in [2.45, 2.75) is 51.5 Å². The fourth-order valence-electron chi connectivity index (χ4n) is 4.66. The molecule has 2 aromatic heterocycles. The van der Waals surface area contributed by atoms with Crippen LogP contribution in [0.1, 0.15) is 33.3 Å². The summed E-state index contributed by atoms with van der Waals surface area (Å²) in [6.07, 6.45) is 0. The van der Waals surface area contributed by atoms with Gasteiger partial charge in [-0.25, -0.2) is 9.78 Å². The normalized spacial score (nSPS) is 11.8. The number of hydrogen-bond acceptors (Lipinski definition) is 5. The third-order valence-corrected chi connectivity index (χ3v) is 7.21. The van der Waals surface area contributed by atoms with Gasteiger partial charge in [0.15, 0.2) is 16.3 Å². The van der Waals surface area contributed by atoms with Gasteiger partial charge in [0.25, 0.3) is 5.56 Å². The molecule has 184 valence electrons. The molecule has 0 aliphatic carbocycles. The number of aromatic nitrogens is 4. The first-order chi connectivity index (χ1) is 16.6. The summed E-state index contributed by atoms with van der Waals surface area (Å²) >= 11 is 1.29. The second-order valence-electron chi connectivity index (χ2n) is 9.27. The summed E-state index contributed by atoms with van der Waals surface area (Å²) in [4.78, 5) is 45.4. The average Bonchev–Trinajstić information content (AvgIpc) is 3.18. The van der Waals surface area contributed by atoms with Gasteiger partial charge in [0, 0.05) is 26.2 Å². The number of aryl methyl sites for hydroxylation is 1. The van der Waals surface area contributed by atoms with Crippen LogP contribution >= 0.6 is 11.8 Å². The van der Waals surface area contributed by atoms with Crippen LogP contribution in [0.25, 0.3) is 21.9 Å². The van der Waals surface area contributed by atoms with E-state index in [0.29, 0.717) is 22.9 Å². The Hall–Kier alpha value is -3.33. The molecule has 9 heteroatoms. The zero-order chi connectivity index (χ0) is 25.4. The molecule has 4 rings (SSSR count). The Labute approximate surface area is 208 Å². The van der Waals surface area contributed by atoms with Crippen molar-refractivity contribution in [3.63, 3.8) is 0 Å². The van der Waals surface area contributed by atoms with Crippen LogP contribution in [-0.2, 0) is 25.4 Å². The molecule has 0 N–H and O–H groups in total. The second-order valence-corrected chi connectivity index (χ2v) is 10.2. The molecule has 1 amide bonds. The Morgan fingerprint density at radius 1 is 0.971 bits per heavy atom. The molecule has 0 radical (unpaired) electrons. The molecule has 0 bridgehead atoms. The van der Waals surface area contributed by atoms with E-state index in [0.717, 1.165) is 20.9 Å². The van der Waals surface area contributed by atoms with E-state index in [9.17, 15) is 14.4 Å². The predicted octanol–water partition coefficient (Wildman–Crippen LogP) is 3.37. The van der Waals surface area contributed by atoms with E-state index < -0.39 is 11.2 Å². The molecule has 4 aromatic rings. The largest absolute Gasteiger partial charge is 0.337 e. The Morgan fingerprint density at radius 2 is 1.63 bits per heavy atom. The van der Waals surface area contributed by atoms with E-state index in [2.05, 4.69) is 11.1 Å². The van der Waals surface area contributed by atoms with Gasteiger partial charge >= 0.3 is 5.69 Å². The summed E-state index contributed by atoms with van der Waals surface area (Å²) in [7, 11) is 3.08. The van der Waals surface area contributed by atoms with Crippen LogP contribution in [-0.4, -0.2) is 47.3 Å². The third-order valence-electron chi connectivity index (χ3n) is 6.25. The van der Waals surface area contributed by atoms with Crippen molar-refractivity contribution in [1.82, 2.24) is 23.6 Å². The minimum absolute atomic E-state index is 0.00515. The fourth-order valence-corrected chi connectivity index (χ4v) is 5.52. The smallest absolute Gasteiger partial charge is 0.332 e. The van der Waals surface area contributed by atoms with Crippen LogP contribution in [0.4, 0.5) is 0 Å². The van der Waals surface area contributed by atoms with E-state index in [1.807, 2.05) is 73.6 Å². The van der Waals surface area contributed by atoms with Gasteiger partial charge in [0.2, 0.25) is 5.91 Å². The molecule has 0 fully saturated rings. The number of amides is 1. The molecule has 0 saturated carbocycles. The van der Waals surface area contributed by atoms with Crippen molar-refractivity contribution >= 4 is 39.6 Å². The van der Waals surface area contributed by atoms with Gasteiger partial charge in [0.1, 0.15) is 0 Å². The molecule has 35 heavy (non-hydrogen) atoms. The predicted molar refractivity (Wildman–Crippen MR) is 141 cm³/mol. The molecular weight excluding hydrogens is 462 g/mol. The first-order valence-corrected chi connectivity index (χ1v) is 12.7. The number of carbonyl (C=O) groups is 1. The van der Waals surface area contributed by atoms with Gasteiger partial charge in [0.05, 0.1) is 12.3 Å². The van der Waals surface area contributed by atoms with E-state index in [4.69, 9.17) is 0 Å². The number of rotatable bonds is 7. The summed E-state index contributed by atoms with van der Waals surface area (Å²) in [5, 5.41) is 2.71. The lowest BCUT2D eigenvalue weighted by Crippen LogP contribution is -2.43. The topological polar surface area (TPSA) is 82.1 Å². The molecule has 8 nitrogen and oxygen atoms in total. The van der Waals surface area contributed by atoms with Crippen LogP contribution in [0.2, 0.25) is 0 Å². The number of fused-ring (bicyclic) bond motifs is 2. The minimum atomic E-state index is -0.435. The first-order valence-electron chi connectivity index (χ1n) is 11.7. The molecule has 0 atom stereocenters. The summed E-state index contributed by atoms with van der Waals surface area (Å²) in [5.41, 5.74) is 0.855. The number of thioether (sulfide) groups is 1. The maximum Gasteiger partial charge on any atom is 0.332 e. The van der Waals surface area contributed by atoms with Gasteiger partial charge in [-0.3, -0.25) is 18.7 Å². The third kappa shape index (κ3) is 4.52. The van der Waals surface area contributed by atoms with E-state index in [1.54, 1.807) is 7.05 Å². The highest BCUT2D eigenvalue weighted by Gasteiger charge is 2.24. The van der Waals surface area contributed by atoms with Crippen LogP contribution in [0.15, 0.2) is 57.2 Å². The van der Waals surface area contributed by atoms with Crippen molar-refractivity contribution in [2.24, 2.45) is 14.1 Å². The highest BCUT2D eigenvalue weighted by molar-refractivity contribution is 7.99. The SMILES string of the molecule is CC(C)N(C(=O)CSc1nc2c(c(=O)n(C)c(=O)n2C)n1Cc1cccc2ccccc12)C(C)C.